The molecule has 5 atom stereocenters. The zero-order valence-corrected chi connectivity index (χ0v) is 22.4. The van der Waals surface area contributed by atoms with Crippen LogP contribution in [0.15, 0.2) is 12.4 Å². The van der Waals surface area contributed by atoms with Crippen molar-refractivity contribution in [1.29, 1.82) is 0 Å². The first-order valence-electron chi connectivity index (χ1n) is 13.5. The van der Waals surface area contributed by atoms with Crippen LogP contribution in [0.25, 0.3) is 0 Å². The number of aromatic nitrogens is 6. The second kappa shape index (κ2) is 16.4. The molecule has 16 heteroatoms. The lowest BCUT2D eigenvalue weighted by Gasteiger charge is -2.39. The average molecular weight is 573 g/mol. The van der Waals surface area contributed by atoms with Crippen molar-refractivity contribution in [1.82, 2.24) is 30.0 Å². The Hall–Kier alpha value is -2.12. The molecule has 0 radical (unpaired) electrons. The van der Waals surface area contributed by atoms with E-state index in [4.69, 9.17) is 28.4 Å². The fourth-order valence-corrected chi connectivity index (χ4v) is 4.19. The molecule has 226 valence electrons. The predicted molar refractivity (Wildman–Crippen MR) is 133 cm³/mol. The largest absolute Gasteiger partial charge is 0.394 e. The highest BCUT2D eigenvalue weighted by molar-refractivity contribution is 4.91. The van der Waals surface area contributed by atoms with Gasteiger partial charge >= 0.3 is 0 Å². The van der Waals surface area contributed by atoms with E-state index in [1.165, 1.54) is 19.3 Å². The van der Waals surface area contributed by atoms with E-state index in [9.17, 15) is 20.4 Å². The first-order chi connectivity index (χ1) is 19.5. The van der Waals surface area contributed by atoms with Crippen LogP contribution in [0.5, 0.6) is 0 Å². The number of aliphatic hydroxyl groups is 4. The molecule has 40 heavy (non-hydrogen) atoms. The molecule has 1 aliphatic carbocycles. The Morgan fingerprint density at radius 2 is 1.45 bits per heavy atom. The van der Waals surface area contributed by atoms with Crippen molar-refractivity contribution < 1.29 is 48.8 Å². The maximum atomic E-state index is 9.94. The number of hydrogen-bond donors (Lipinski definition) is 4. The summed E-state index contributed by atoms with van der Waals surface area (Å²) in [6, 6.07) is 0. The van der Waals surface area contributed by atoms with Gasteiger partial charge in [-0.1, -0.05) is 16.8 Å². The summed E-state index contributed by atoms with van der Waals surface area (Å²) < 4.78 is 36.1. The van der Waals surface area contributed by atoms with Gasteiger partial charge in [-0.3, -0.25) is 4.68 Å². The molecule has 0 spiro atoms. The van der Waals surface area contributed by atoms with Crippen molar-refractivity contribution in [2.75, 3.05) is 46.4 Å². The predicted octanol–water partition coefficient (Wildman–Crippen LogP) is -1.79. The van der Waals surface area contributed by atoms with Gasteiger partial charge in [-0.25, -0.2) is 4.68 Å². The summed E-state index contributed by atoms with van der Waals surface area (Å²) in [6.45, 7) is 3.39. The van der Waals surface area contributed by atoms with E-state index in [-0.39, 0.29) is 13.4 Å². The molecule has 0 aromatic carbocycles. The van der Waals surface area contributed by atoms with Gasteiger partial charge in [0.2, 0.25) is 0 Å². The number of nitrogens with zero attached hydrogens (tertiary/aromatic N) is 6. The Morgan fingerprint density at radius 3 is 2.15 bits per heavy atom. The molecule has 0 bridgehead atoms. The molecule has 0 amide bonds. The van der Waals surface area contributed by atoms with Gasteiger partial charge < -0.3 is 48.8 Å². The molecule has 1 aliphatic heterocycles. The molecule has 2 fully saturated rings. The third-order valence-electron chi connectivity index (χ3n) is 6.71. The van der Waals surface area contributed by atoms with E-state index in [0.29, 0.717) is 51.9 Å². The summed E-state index contributed by atoms with van der Waals surface area (Å²) in [5, 5.41) is 55.0. The molecule has 2 aromatic heterocycles. The Morgan fingerprint density at radius 1 is 0.800 bits per heavy atom. The van der Waals surface area contributed by atoms with Crippen LogP contribution in [-0.2, 0) is 54.7 Å². The quantitative estimate of drug-likeness (QED) is 0.109. The molecular weight excluding hydrogens is 532 g/mol. The molecule has 1 saturated carbocycles. The van der Waals surface area contributed by atoms with E-state index in [1.54, 1.807) is 10.9 Å². The summed E-state index contributed by atoms with van der Waals surface area (Å²) in [5.74, 6) is 0.739. The lowest BCUT2D eigenvalue weighted by atomic mass is 9.85. The first kappa shape index (κ1) is 30.8. The van der Waals surface area contributed by atoms with Gasteiger partial charge in [0, 0.05) is 6.54 Å². The van der Waals surface area contributed by atoms with Crippen LogP contribution in [0.3, 0.4) is 0 Å². The fourth-order valence-electron chi connectivity index (χ4n) is 4.19. The smallest absolute Gasteiger partial charge is 0.189 e. The first-order valence-corrected chi connectivity index (χ1v) is 13.5. The Balaban J connectivity index is 0.964. The highest BCUT2D eigenvalue weighted by Gasteiger charge is 2.44. The van der Waals surface area contributed by atoms with Gasteiger partial charge in [-0.05, 0) is 18.8 Å². The molecule has 4 rings (SSSR count). The van der Waals surface area contributed by atoms with Gasteiger partial charge in [0.05, 0.1) is 71.8 Å². The topological polar surface area (TPSA) is 198 Å². The minimum atomic E-state index is -1.51. The van der Waals surface area contributed by atoms with E-state index in [1.807, 2.05) is 10.9 Å². The molecule has 5 unspecified atom stereocenters. The van der Waals surface area contributed by atoms with E-state index < -0.39 is 37.3 Å². The monoisotopic (exact) mass is 572 g/mol. The zero-order valence-electron chi connectivity index (χ0n) is 22.4. The Kier molecular flexibility index (Phi) is 12.6. The standard InChI is InChI=1S/C24H40N6O10/c31-13-20-21(32)22(33)23(34)24(40-20)39-16-38-15-18-11-29(27-25-18)4-5-35-6-7-36-8-9-37-14-19-12-30(28-26-19)10-17-2-1-3-17/h11-12,17,20-24,31-34H,1-10,13-16H2. The summed E-state index contributed by atoms with van der Waals surface area (Å²) in [7, 11) is 0. The van der Waals surface area contributed by atoms with Gasteiger partial charge in [0.25, 0.3) is 0 Å². The fraction of sp³-hybridized carbons (Fsp3) is 0.833. The van der Waals surface area contributed by atoms with Crippen LogP contribution in [0.1, 0.15) is 30.7 Å². The van der Waals surface area contributed by atoms with Gasteiger partial charge in [-0.15, -0.1) is 10.2 Å². The number of rotatable bonds is 19. The number of hydrogen-bond acceptors (Lipinski definition) is 14. The van der Waals surface area contributed by atoms with Crippen molar-refractivity contribution in [3.8, 4) is 0 Å². The number of ether oxygens (including phenoxy) is 6. The van der Waals surface area contributed by atoms with E-state index >= 15 is 0 Å². The second-order valence-electron chi connectivity index (χ2n) is 9.81. The number of aliphatic hydroxyl groups excluding tert-OH is 4. The molecular formula is C24H40N6O10. The van der Waals surface area contributed by atoms with Crippen molar-refractivity contribution in [2.45, 2.75) is 76.3 Å². The highest BCUT2D eigenvalue weighted by atomic mass is 16.8. The lowest BCUT2D eigenvalue weighted by Crippen LogP contribution is -2.59. The highest BCUT2D eigenvalue weighted by Crippen LogP contribution is 2.27. The lowest BCUT2D eigenvalue weighted by molar-refractivity contribution is -0.317. The maximum Gasteiger partial charge on any atom is 0.189 e. The maximum absolute atomic E-state index is 9.94. The van der Waals surface area contributed by atoms with Gasteiger partial charge in [-0.2, -0.15) is 0 Å². The van der Waals surface area contributed by atoms with Crippen LogP contribution in [0.2, 0.25) is 0 Å². The summed E-state index contributed by atoms with van der Waals surface area (Å²) >= 11 is 0. The van der Waals surface area contributed by atoms with Crippen LogP contribution in [0.4, 0.5) is 0 Å². The SMILES string of the molecule is OCC1OC(OCOCc2cn(CCOCCOCCOCc3cn(CC4CCC4)nn3)nn2)C(O)C(O)C1O. The Labute approximate surface area is 231 Å². The molecule has 1 saturated heterocycles. The summed E-state index contributed by atoms with van der Waals surface area (Å²) in [4.78, 5) is 0. The normalized spacial score (nSPS) is 25.4. The summed E-state index contributed by atoms with van der Waals surface area (Å²) in [6.07, 6.45) is 0.786. The summed E-state index contributed by atoms with van der Waals surface area (Å²) in [5.41, 5.74) is 1.38. The van der Waals surface area contributed by atoms with Crippen molar-refractivity contribution in [3.05, 3.63) is 23.8 Å². The molecule has 16 nitrogen and oxygen atoms in total. The molecule has 2 aliphatic rings. The van der Waals surface area contributed by atoms with Crippen LogP contribution >= 0.6 is 0 Å². The third kappa shape index (κ3) is 9.47. The molecule has 4 N–H and O–H groups in total. The van der Waals surface area contributed by atoms with Gasteiger partial charge in [0.15, 0.2) is 13.1 Å². The van der Waals surface area contributed by atoms with E-state index in [2.05, 4.69) is 20.6 Å². The van der Waals surface area contributed by atoms with Crippen LogP contribution < -0.4 is 0 Å². The molecule has 2 aromatic rings. The Bertz CT molecular complexity index is 974. The van der Waals surface area contributed by atoms with Crippen LogP contribution in [-0.4, -0.2) is 128 Å². The van der Waals surface area contributed by atoms with Crippen molar-refractivity contribution in [3.63, 3.8) is 0 Å². The van der Waals surface area contributed by atoms with Gasteiger partial charge in [0.1, 0.15) is 35.8 Å². The second-order valence-corrected chi connectivity index (χ2v) is 9.81. The van der Waals surface area contributed by atoms with Crippen molar-refractivity contribution in [2.24, 2.45) is 5.92 Å². The average Bonchev–Trinajstić information content (AvgIpc) is 3.59. The van der Waals surface area contributed by atoms with Crippen molar-refractivity contribution >= 4 is 0 Å². The minimum Gasteiger partial charge on any atom is -0.394 e. The van der Waals surface area contributed by atoms with Crippen LogP contribution in [0, 0.1) is 5.92 Å². The molecule has 3 heterocycles. The third-order valence-corrected chi connectivity index (χ3v) is 6.71. The zero-order chi connectivity index (χ0) is 28.2. The minimum absolute atomic E-state index is 0.0903. The van der Waals surface area contributed by atoms with E-state index in [0.717, 1.165) is 18.2 Å².